The number of hydrogen-bond acceptors (Lipinski definition) is 3. The Morgan fingerprint density at radius 3 is 2.73 bits per heavy atom. The molecule has 2 nitrogen and oxygen atoms in total. The number of fused-ring (bicyclic) bond motifs is 1. The van der Waals surface area contributed by atoms with Gasteiger partial charge in [0.05, 0.1) is 6.04 Å². The minimum Gasteiger partial charge on any atom is -0.330 e. The molecule has 1 atom stereocenters. The van der Waals surface area contributed by atoms with Crippen LogP contribution in [-0.2, 0) is 17.6 Å². The maximum Gasteiger partial charge on any atom is 0.223 e. The zero-order valence-corrected chi connectivity index (χ0v) is 16.7. The van der Waals surface area contributed by atoms with Crippen LogP contribution in [0.3, 0.4) is 0 Å². The Hall–Kier alpha value is -1.62. The molecule has 3 heterocycles. The topological polar surface area (TPSA) is 20.3 Å². The zero-order valence-electron chi connectivity index (χ0n) is 14.4. The van der Waals surface area contributed by atoms with E-state index in [4.69, 9.17) is 11.6 Å². The lowest BCUT2D eigenvalue weighted by Crippen LogP contribution is -2.39. The molecule has 0 saturated heterocycles. The van der Waals surface area contributed by atoms with Gasteiger partial charge in [-0.3, -0.25) is 4.79 Å². The van der Waals surface area contributed by atoms with Crippen molar-refractivity contribution in [1.29, 1.82) is 0 Å². The second-order valence-corrected chi connectivity index (χ2v) is 8.95. The van der Waals surface area contributed by atoms with Crippen LogP contribution in [0, 0.1) is 0 Å². The van der Waals surface area contributed by atoms with Gasteiger partial charge in [-0.1, -0.05) is 29.8 Å². The Balaban J connectivity index is 1.45. The van der Waals surface area contributed by atoms with Gasteiger partial charge >= 0.3 is 0 Å². The summed E-state index contributed by atoms with van der Waals surface area (Å²) in [6.07, 6.45) is 3.33. The van der Waals surface area contributed by atoms with Crippen LogP contribution >= 0.6 is 34.3 Å². The van der Waals surface area contributed by atoms with Crippen LogP contribution in [0.5, 0.6) is 0 Å². The van der Waals surface area contributed by atoms with E-state index in [2.05, 4.69) is 33.9 Å². The van der Waals surface area contributed by atoms with Gasteiger partial charge in [0.15, 0.2) is 0 Å². The number of thiophene rings is 2. The van der Waals surface area contributed by atoms with E-state index in [0.717, 1.165) is 30.8 Å². The van der Waals surface area contributed by atoms with Gasteiger partial charge in [-0.05, 0) is 65.4 Å². The van der Waals surface area contributed by atoms with Gasteiger partial charge in [0.2, 0.25) is 5.91 Å². The predicted octanol–water partition coefficient (Wildman–Crippen LogP) is 5.96. The van der Waals surface area contributed by atoms with Crippen LogP contribution in [-0.4, -0.2) is 17.4 Å². The van der Waals surface area contributed by atoms with Gasteiger partial charge in [0, 0.05) is 27.7 Å². The van der Waals surface area contributed by atoms with E-state index in [0.29, 0.717) is 6.42 Å². The van der Waals surface area contributed by atoms with E-state index in [9.17, 15) is 4.79 Å². The molecule has 26 heavy (non-hydrogen) atoms. The number of amides is 1. The summed E-state index contributed by atoms with van der Waals surface area (Å²) in [5, 5.41) is 5.00. The van der Waals surface area contributed by atoms with Gasteiger partial charge in [-0.15, -0.1) is 22.7 Å². The fraction of sp³-hybridized carbons (Fsp3) is 0.286. The Bertz CT molecular complexity index is 870. The molecule has 0 spiro atoms. The molecule has 0 fully saturated rings. The third kappa shape index (κ3) is 3.73. The van der Waals surface area contributed by atoms with Gasteiger partial charge < -0.3 is 4.90 Å². The van der Waals surface area contributed by atoms with E-state index in [1.165, 1.54) is 20.9 Å². The molecule has 5 heteroatoms. The second-order valence-electron chi connectivity index (χ2n) is 6.53. The van der Waals surface area contributed by atoms with E-state index >= 15 is 0 Å². The van der Waals surface area contributed by atoms with Crippen molar-refractivity contribution in [3.8, 4) is 0 Å². The highest BCUT2D eigenvalue weighted by Gasteiger charge is 2.32. The van der Waals surface area contributed by atoms with Crippen molar-refractivity contribution in [2.75, 3.05) is 6.54 Å². The van der Waals surface area contributed by atoms with E-state index in [1.807, 2.05) is 35.6 Å². The molecule has 134 valence electrons. The molecule has 0 bridgehead atoms. The highest BCUT2D eigenvalue weighted by Crippen LogP contribution is 2.39. The number of halogens is 1. The molecule has 4 rings (SSSR count). The van der Waals surface area contributed by atoms with Crippen LogP contribution in [0.15, 0.2) is 53.2 Å². The molecule has 0 radical (unpaired) electrons. The molecule has 1 aliphatic heterocycles. The van der Waals surface area contributed by atoms with Crippen molar-refractivity contribution >= 4 is 40.2 Å². The monoisotopic (exact) mass is 401 g/mol. The third-order valence-corrected chi connectivity index (χ3v) is 7.04. The summed E-state index contributed by atoms with van der Waals surface area (Å²) in [6.45, 7) is 0.815. The highest BCUT2D eigenvalue weighted by molar-refractivity contribution is 7.10. The SMILES string of the molecule is O=C(CCCc1ccc(Cl)cc1)N1CCc2sccc2C1c1cccs1. The Kier molecular flexibility index (Phi) is 5.44. The van der Waals surface area contributed by atoms with Crippen LogP contribution in [0.25, 0.3) is 0 Å². The summed E-state index contributed by atoms with van der Waals surface area (Å²) in [5.74, 6) is 0.259. The highest BCUT2D eigenvalue weighted by atomic mass is 35.5. The average Bonchev–Trinajstić information content (AvgIpc) is 3.34. The molecule has 1 unspecified atom stereocenters. The summed E-state index contributed by atoms with van der Waals surface area (Å²) < 4.78 is 0. The Morgan fingerprint density at radius 1 is 1.12 bits per heavy atom. The van der Waals surface area contributed by atoms with E-state index in [-0.39, 0.29) is 11.9 Å². The van der Waals surface area contributed by atoms with Crippen molar-refractivity contribution in [3.63, 3.8) is 0 Å². The first kappa shape index (κ1) is 17.8. The maximum absolute atomic E-state index is 13.0. The first-order chi connectivity index (χ1) is 12.7. The van der Waals surface area contributed by atoms with E-state index < -0.39 is 0 Å². The molecule has 0 aliphatic carbocycles. The van der Waals surface area contributed by atoms with Crippen molar-refractivity contribution in [2.45, 2.75) is 31.7 Å². The number of rotatable bonds is 5. The first-order valence-corrected chi connectivity index (χ1v) is 11.0. The molecule has 2 aromatic heterocycles. The standard InChI is InChI=1S/C21H20ClNOS2/c22-16-8-6-15(7-9-16)3-1-5-20(24)23-12-10-18-17(11-14-26-18)21(23)19-4-2-13-25-19/h2,4,6-9,11,13-14,21H,1,3,5,10,12H2. The van der Waals surface area contributed by atoms with Gasteiger partial charge in [-0.25, -0.2) is 0 Å². The molecule has 1 aliphatic rings. The third-order valence-electron chi connectivity index (χ3n) is 4.87. The number of benzene rings is 1. The summed E-state index contributed by atoms with van der Waals surface area (Å²) in [7, 11) is 0. The molecule has 1 aromatic carbocycles. The zero-order chi connectivity index (χ0) is 17.9. The molecule has 0 N–H and O–H groups in total. The van der Waals surface area contributed by atoms with Crippen LogP contribution < -0.4 is 0 Å². The number of carbonyl (C=O) groups excluding carboxylic acids is 1. The van der Waals surface area contributed by atoms with Gasteiger partial charge in [0.25, 0.3) is 0 Å². The maximum atomic E-state index is 13.0. The van der Waals surface area contributed by atoms with Crippen LogP contribution in [0.2, 0.25) is 5.02 Å². The lowest BCUT2D eigenvalue weighted by molar-refractivity contribution is -0.133. The van der Waals surface area contributed by atoms with Crippen molar-refractivity contribution < 1.29 is 4.79 Å². The lowest BCUT2D eigenvalue weighted by Gasteiger charge is -2.35. The fourth-order valence-corrected chi connectivity index (χ4v) is 5.46. The van der Waals surface area contributed by atoms with Gasteiger partial charge in [-0.2, -0.15) is 0 Å². The van der Waals surface area contributed by atoms with Crippen LogP contribution in [0.4, 0.5) is 0 Å². The average molecular weight is 402 g/mol. The van der Waals surface area contributed by atoms with E-state index in [1.54, 1.807) is 11.3 Å². The Labute approximate surface area is 167 Å². The minimum absolute atomic E-state index is 0.0908. The molecular formula is C21H20ClNOS2. The number of nitrogens with zero attached hydrogens (tertiary/aromatic N) is 1. The summed E-state index contributed by atoms with van der Waals surface area (Å²) in [5.41, 5.74) is 2.55. The molecule has 1 amide bonds. The minimum atomic E-state index is 0.0908. The smallest absolute Gasteiger partial charge is 0.223 e. The van der Waals surface area contributed by atoms with Crippen LogP contribution in [0.1, 0.15) is 39.8 Å². The molecule has 0 saturated carbocycles. The quantitative estimate of drug-likeness (QED) is 0.516. The normalized spacial score (nSPS) is 16.5. The Morgan fingerprint density at radius 2 is 1.96 bits per heavy atom. The van der Waals surface area contributed by atoms with Gasteiger partial charge in [0.1, 0.15) is 0 Å². The lowest BCUT2D eigenvalue weighted by atomic mass is 9.97. The van der Waals surface area contributed by atoms with Crippen molar-refractivity contribution in [2.24, 2.45) is 0 Å². The summed E-state index contributed by atoms with van der Waals surface area (Å²) in [6, 6.07) is 14.4. The summed E-state index contributed by atoms with van der Waals surface area (Å²) >= 11 is 9.49. The molecule has 3 aromatic rings. The van der Waals surface area contributed by atoms with Crippen molar-refractivity contribution in [1.82, 2.24) is 4.90 Å². The van der Waals surface area contributed by atoms with Crippen molar-refractivity contribution in [3.05, 3.63) is 79.1 Å². The number of hydrogen-bond donors (Lipinski definition) is 0. The number of aryl methyl sites for hydroxylation is 1. The molecular weight excluding hydrogens is 382 g/mol. The fourth-order valence-electron chi connectivity index (χ4n) is 3.58. The largest absolute Gasteiger partial charge is 0.330 e. The predicted molar refractivity (Wildman–Crippen MR) is 110 cm³/mol. The second kappa shape index (κ2) is 7.95. The number of carbonyl (C=O) groups is 1. The first-order valence-electron chi connectivity index (χ1n) is 8.86. The summed E-state index contributed by atoms with van der Waals surface area (Å²) in [4.78, 5) is 17.8.